The number of carbonyl (C=O) groups is 2. The maximum absolute atomic E-state index is 12.8. The van der Waals surface area contributed by atoms with Crippen LogP contribution in [0.25, 0.3) is 12.2 Å². The molecule has 0 aliphatic rings. The molecular weight excluding hydrogens is 508 g/mol. The highest BCUT2D eigenvalue weighted by atomic mass is 16.5. The molecule has 4 aromatic carbocycles. The van der Waals surface area contributed by atoms with Crippen molar-refractivity contribution in [1.29, 1.82) is 0 Å². The molecule has 0 aromatic heterocycles. The van der Waals surface area contributed by atoms with E-state index in [1.54, 1.807) is 24.3 Å². The van der Waals surface area contributed by atoms with Gasteiger partial charge in [0.2, 0.25) is 0 Å². The molecular formula is C36H36N2O3. The van der Waals surface area contributed by atoms with Crippen LogP contribution >= 0.6 is 0 Å². The first-order valence-electron chi connectivity index (χ1n) is 14.0. The molecule has 208 valence electrons. The molecule has 5 nitrogen and oxygen atoms in total. The summed E-state index contributed by atoms with van der Waals surface area (Å²) in [6.45, 7) is 4.93. The number of aryl methyl sites for hydroxylation is 2. The van der Waals surface area contributed by atoms with Crippen molar-refractivity contribution in [2.75, 3.05) is 11.9 Å². The standard InChI is InChI=1S/C36H36N2O3/c1-3-29-16-10-17-30(4-2)35(29)38-36(40)37-26-28-19-21-31(22-20-28)33(39)24-23-32-15-8-9-18-34(32)41-25-11-14-27-12-6-5-7-13-27/h5-24H,3-4,25-26H2,1-2H3,(H2,37,38,40). The molecule has 41 heavy (non-hydrogen) atoms. The molecule has 2 N–H and O–H groups in total. The van der Waals surface area contributed by atoms with E-state index in [2.05, 4.69) is 24.5 Å². The average Bonchev–Trinajstić information content (AvgIpc) is 3.02. The molecule has 4 aromatic rings. The normalized spacial score (nSPS) is 11.1. The fraction of sp³-hybridized carbons (Fsp3) is 0.167. The van der Waals surface area contributed by atoms with Gasteiger partial charge in [-0.1, -0.05) is 111 Å². The predicted octanol–water partition coefficient (Wildman–Crippen LogP) is 8.12. The number of benzene rings is 4. The van der Waals surface area contributed by atoms with Crippen LogP contribution in [0, 0.1) is 0 Å². The highest BCUT2D eigenvalue weighted by Gasteiger charge is 2.10. The lowest BCUT2D eigenvalue weighted by molar-refractivity contribution is 0.104. The number of anilines is 1. The summed E-state index contributed by atoms with van der Waals surface area (Å²) >= 11 is 0. The molecule has 0 unspecified atom stereocenters. The topological polar surface area (TPSA) is 67.4 Å². The Morgan fingerprint density at radius 1 is 0.756 bits per heavy atom. The molecule has 2 amide bonds. The van der Waals surface area contributed by atoms with Gasteiger partial charge in [0.05, 0.1) is 0 Å². The van der Waals surface area contributed by atoms with Crippen LogP contribution in [-0.2, 0) is 19.4 Å². The number of nitrogens with one attached hydrogen (secondary N) is 2. The molecule has 0 atom stereocenters. The van der Waals surface area contributed by atoms with Gasteiger partial charge in [-0.3, -0.25) is 4.79 Å². The number of urea groups is 1. The average molecular weight is 545 g/mol. The second-order valence-corrected chi connectivity index (χ2v) is 9.52. The summed E-state index contributed by atoms with van der Waals surface area (Å²) in [7, 11) is 0. The molecule has 0 radical (unpaired) electrons. The lowest BCUT2D eigenvalue weighted by Crippen LogP contribution is -2.29. The van der Waals surface area contributed by atoms with Crippen LogP contribution in [0.4, 0.5) is 10.5 Å². The van der Waals surface area contributed by atoms with Crippen LogP contribution in [0.15, 0.2) is 109 Å². The summed E-state index contributed by atoms with van der Waals surface area (Å²) in [6.07, 6.45) is 9.00. The lowest BCUT2D eigenvalue weighted by atomic mass is 10.0. The van der Waals surface area contributed by atoms with Gasteiger partial charge in [0.15, 0.2) is 5.78 Å². The van der Waals surface area contributed by atoms with Gasteiger partial charge in [-0.25, -0.2) is 4.79 Å². The molecule has 0 saturated heterocycles. The smallest absolute Gasteiger partial charge is 0.319 e. The molecule has 0 aliphatic carbocycles. The van der Waals surface area contributed by atoms with Crippen molar-refractivity contribution in [1.82, 2.24) is 5.32 Å². The highest BCUT2D eigenvalue weighted by molar-refractivity contribution is 6.07. The predicted molar refractivity (Wildman–Crippen MR) is 168 cm³/mol. The van der Waals surface area contributed by atoms with Gasteiger partial charge in [0.1, 0.15) is 12.4 Å². The zero-order valence-electron chi connectivity index (χ0n) is 23.6. The summed E-state index contributed by atoms with van der Waals surface area (Å²) in [6, 6.07) is 30.8. The van der Waals surface area contributed by atoms with E-state index in [-0.39, 0.29) is 11.8 Å². The zero-order chi connectivity index (χ0) is 28.9. The quantitative estimate of drug-likeness (QED) is 0.140. The largest absolute Gasteiger partial charge is 0.489 e. The Hall–Kier alpha value is -4.90. The van der Waals surface area contributed by atoms with Crippen molar-refractivity contribution in [3.63, 3.8) is 0 Å². The summed E-state index contributed by atoms with van der Waals surface area (Å²) in [5, 5.41) is 5.93. The molecule has 5 heteroatoms. The minimum Gasteiger partial charge on any atom is -0.489 e. The van der Waals surface area contributed by atoms with E-state index in [0.29, 0.717) is 24.5 Å². The number of ether oxygens (including phenoxy) is 1. The maximum Gasteiger partial charge on any atom is 0.319 e. The van der Waals surface area contributed by atoms with Crippen LogP contribution in [0.5, 0.6) is 5.75 Å². The molecule has 0 fully saturated rings. The van der Waals surface area contributed by atoms with Gasteiger partial charge in [0, 0.05) is 23.4 Å². The second kappa shape index (κ2) is 15.0. The number of allylic oxidation sites excluding steroid dienone is 1. The Kier molecular flexibility index (Phi) is 10.7. The fourth-order valence-electron chi connectivity index (χ4n) is 4.43. The van der Waals surface area contributed by atoms with Gasteiger partial charge >= 0.3 is 6.03 Å². The minimum atomic E-state index is -0.250. The van der Waals surface area contributed by atoms with Crippen LogP contribution in [-0.4, -0.2) is 18.4 Å². The first kappa shape index (κ1) is 29.1. The number of hydrogen-bond donors (Lipinski definition) is 2. The van der Waals surface area contributed by atoms with E-state index in [1.165, 1.54) is 0 Å². The fourth-order valence-corrected chi connectivity index (χ4v) is 4.43. The van der Waals surface area contributed by atoms with Crippen LogP contribution in [0.3, 0.4) is 0 Å². The third kappa shape index (κ3) is 8.54. The van der Waals surface area contributed by atoms with E-state index < -0.39 is 0 Å². The van der Waals surface area contributed by atoms with Crippen molar-refractivity contribution in [2.45, 2.75) is 33.2 Å². The summed E-state index contributed by atoms with van der Waals surface area (Å²) < 4.78 is 5.93. The Morgan fingerprint density at radius 2 is 1.44 bits per heavy atom. The summed E-state index contributed by atoms with van der Waals surface area (Å²) in [5.74, 6) is 0.603. The minimum absolute atomic E-state index is 0.107. The molecule has 0 aliphatic heterocycles. The van der Waals surface area contributed by atoms with E-state index in [9.17, 15) is 9.59 Å². The summed E-state index contributed by atoms with van der Waals surface area (Å²) in [5.41, 5.74) is 6.54. The zero-order valence-corrected chi connectivity index (χ0v) is 23.6. The van der Waals surface area contributed by atoms with Crippen molar-refractivity contribution >= 4 is 29.7 Å². The SMILES string of the molecule is CCc1cccc(CC)c1NC(=O)NCc1ccc(C(=O)C=Cc2ccccc2OCC=Cc2ccccc2)cc1. The first-order chi connectivity index (χ1) is 20.1. The number of amides is 2. The maximum atomic E-state index is 12.8. The first-order valence-corrected chi connectivity index (χ1v) is 14.0. The molecule has 4 rings (SSSR count). The molecule has 0 saturated carbocycles. The lowest BCUT2D eigenvalue weighted by Gasteiger charge is -2.15. The number of ketones is 1. The van der Waals surface area contributed by atoms with E-state index in [0.717, 1.165) is 46.3 Å². The number of rotatable bonds is 12. The monoisotopic (exact) mass is 544 g/mol. The number of hydrogen-bond acceptors (Lipinski definition) is 3. The molecule has 0 spiro atoms. The Morgan fingerprint density at radius 3 is 2.15 bits per heavy atom. The molecule has 0 bridgehead atoms. The van der Waals surface area contributed by atoms with E-state index >= 15 is 0 Å². The Balaban J connectivity index is 1.30. The third-order valence-electron chi connectivity index (χ3n) is 6.71. The van der Waals surface area contributed by atoms with Crippen LogP contribution in [0.2, 0.25) is 0 Å². The third-order valence-corrected chi connectivity index (χ3v) is 6.71. The van der Waals surface area contributed by atoms with Gasteiger partial charge in [-0.15, -0.1) is 0 Å². The Bertz CT molecular complexity index is 1480. The highest BCUT2D eigenvalue weighted by Crippen LogP contribution is 2.23. The van der Waals surface area contributed by atoms with Crippen LogP contribution < -0.4 is 15.4 Å². The van der Waals surface area contributed by atoms with Gasteiger partial charge in [-0.05, 0) is 59.4 Å². The van der Waals surface area contributed by atoms with Gasteiger partial charge in [0.25, 0.3) is 0 Å². The van der Waals surface area contributed by atoms with Crippen molar-refractivity contribution < 1.29 is 14.3 Å². The van der Waals surface area contributed by atoms with Gasteiger partial charge in [-0.2, -0.15) is 0 Å². The van der Waals surface area contributed by atoms with E-state index in [1.807, 2.05) is 97.1 Å². The van der Waals surface area contributed by atoms with Crippen LogP contribution in [0.1, 0.15) is 52.0 Å². The van der Waals surface area contributed by atoms with Crippen molar-refractivity contribution in [3.05, 3.63) is 143 Å². The van der Waals surface area contributed by atoms with Crippen molar-refractivity contribution in [2.24, 2.45) is 0 Å². The summed E-state index contributed by atoms with van der Waals surface area (Å²) in [4.78, 5) is 25.4. The van der Waals surface area contributed by atoms with Gasteiger partial charge < -0.3 is 15.4 Å². The second-order valence-electron chi connectivity index (χ2n) is 9.52. The van der Waals surface area contributed by atoms with Crippen molar-refractivity contribution in [3.8, 4) is 5.75 Å². The molecule has 0 heterocycles. The number of para-hydroxylation sites is 2. The Labute approximate surface area is 242 Å². The number of carbonyl (C=O) groups excluding carboxylic acids is 2. The van der Waals surface area contributed by atoms with E-state index in [4.69, 9.17) is 4.74 Å².